The average Bonchev–Trinajstić information content (AvgIpc) is 2.37. The summed E-state index contributed by atoms with van der Waals surface area (Å²) < 4.78 is 4.92. The lowest BCUT2D eigenvalue weighted by molar-refractivity contribution is 0.0697. The van der Waals surface area contributed by atoms with Crippen LogP contribution in [0.5, 0.6) is 5.75 Å². The molecule has 6 heteroatoms. The van der Waals surface area contributed by atoms with E-state index in [2.05, 4.69) is 4.99 Å². The van der Waals surface area contributed by atoms with Crippen LogP contribution in [0.1, 0.15) is 28.6 Å². The quantitative estimate of drug-likeness (QED) is 0.845. The molecule has 2 aromatic rings. The zero-order valence-electron chi connectivity index (χ0n) is 11.5. The van der Waals surface area contributed by atoms with Crippen molar-refractivity contribution < 1.29 is 19.4 Å². The van der Waals surface area contributed by atoms with Gasteiger partial charge in [-0.15, -0.1) is 0 Å². The highest BCUT2D eigenvalue weighted by Gasteiger charge is 2.13. The molecule has 0 aliphatic carbocycles. The maximum Gasteiger partial charge on any atom is 0.348 e. The van der Waals surface area contributed by atoms with Gasteiger partial charge in [-0.05, 0) is 38.1 Å². The van der Waals surface area contributed by atoms with Crippen LogP contribution in [0.25, 0.3) is 0 Å². The number of carboxylic acid groups (broad SMARTS) is 1. The lowest BCUT2D eigenvalue weighted by Crippen LogP contribution is -2.12. The first-order valence-corrected chi connectivity index (χ1v) is 6.11. The fraction of sp³-hybridized carbons (Fsp3) is 0.133. The Morgan fingerprint density at radius 2 is 1.86 bits per heavy atom. The number of aromatic hydroxyl groups is 1. The van der Waals surface area contributed by atoms with Gasteiger partial charge in [0, 0.05) is 6.07 Å². The molecule has 1 heterocycles. The number of nitrogens with zero attached hydrogens (tertiary/aromatic N) is 1. The van der Waals surface area contributed by atoms with Crippen LogP contribution in [-0.4, -0.2) is 21.9 Å². The Morgan fingerprint density at radius 1 is 1.24 bits per heavy atom. The average molecular weight is 287 g/mol. The monoisotopic (exact) mass is 287 g/mol. The molecule has 0 aliphatic rings. The molecule has 0 aliphatic heterocycles. The van der Waals surface area contributed by atoms with Gasteiger partial charge in [0.15, 0.2) is 0 Å². The fourth-order valence-electron chi connectivity index (χ4n) is 1.86. The summed E-state index contributed by atoms with van der Waals surface area (Å²) in [6.07, 6.45) is 0. The smallest absolute Gasteiger partial charge is 0.348 e. The van der Waals surface area contributed by atoms with Crippen molar-refractivity contribution >= 4 is 17.4 Å². The molecule has 21 heavy (non-hydrogen) atoms. The van der Waals surface area contributed by atoms with Gasteiger partial charge in [-0.1, -0.05) is 0 Å². The van der Waals surface area contributed by atoms with E-state index in [4.69, 9.17) is 9.52 Å². The van der Waals surface area contributed by atoms with E-state index in [0.29, 0.717) is 11.4 Å². The number of benzene rings is 1. The van der Waals surface area contributed by atoms with Crippen LogP contribution in [0.15, 0.2) is 44.5 Å². The highest BCUT2D eigenvalue weighted by molar-refractivity contribution is 6.02. The highest BCUT2D eigenvalue weighted by atomic mass is 16.4. The van der Waals surface area contributed by atoms with Crippen LogP contribution in [0.3, 0.4) is 0 Å². The molecule has 0 bridgehead atoms. The Hall–Kier alpha value is -2.89. The van der Waals surface area contributed by atoms with Crippen molar-refractivity contribution in [1.29, 1.82) is 0 Å². The van der Waals surface area contributed by atoms with Crippen molar-refractivity contribution in [2.24, 2.45) is 4.99 Å². The standard InChI is InChI=1S/C15H13NO5/c1-8-7-12(17)13(15(20)21-8)9(2)16-11-5-3-10(4-6-11)14(18)19/h3-7,17H,1-2H3,(H,18,19). The van der Waals surface area contributed by atoms with E-state index in [1.54, 1.807) is 13.8 Å². The maximum atomic E-state index is 11.8. The number of aromatic carboxylic acids is 1. The summed E-state index contributed by atoms with van der Waals surface area (Å²) in [5.74, 6) is -0.925. The fourth-order valence-corrected chi connectivity index (χ4v) is 1.86. The van der Waals surface area contributed by atoms with Gasteiger partial charge in [-0.25, -0.2) is 9.59 Å². The van der Waals surface area contributed by atoms with Gasteiger partial charge in [0.1, 0.15) is 17.1 Å². The van der Waals surface area contributed by atoms with Crippen LogP contribution in [-0.2, 0) is 0 Å². The molecule has 6 nitrogen and oxygen atoms in total. The Kier molecular flexibility index (Phi) is 3.89. The number of hydrogen-bond donors (Lipinski definition) is 2. The SMILES string of the molecule is CC(=Nc1ccc(C(=O)O)cc1)c1c(O)cc(C)oc1=O. The van der Waals surface area contributed by atoms with Gasteiger partial charge in [0.25, 0.3) is 0 Å². The maximum absolute atomic E-state index is 11.8. The molecule has 0 radical (unpaired) electrons. The summed E-state index contributed by atoms with van der Waals surface area (Å²) >= 11 is 0. The highest BCUT2D eigenvalue weighted by Crippen LogP contribution is 2.19. The van der Waals surface area contributed by atoms with E-state index in [1.807, 2.05) is 0 Å². The lowest BCUT2D eigenvalue weighted by Gasteiger charge is -2.04. The number of carboxylic acids is 1. The van der Waals surface area contributed by atoms with E-state index in [-0.39, 0.29) is 22.6 Å². The molecule has 0 spiro atoms. The van der Waals surface area contributed by atoms with E-state index >= 15 is 0 Å². The van der Waals surface area contributed by atoms with Crippen molar-refractivity contribution in [3.05, 3.63) is 57.6 Å². The third kappa shape index (κ3) is 3.17. The number of aliphatic imine (C=N–C) groups is 1. The van der Waals surface area contributed by atoms with Crippen LogP contribution in [0.2, 0.25) is 0 Å². The molecule has 108 valence electrons. The van der Waals surface area contributed by atoms with Crippen molar-refractivity contribution in [2.45, 2.75) is 13.8 Å². The molecular weight excluding hydrogens is 274 g/mol. The summed E-state index contributed by atoms with van der Waals surface area (Å²) in [6, 6.07) is 7.18. The topological polar surface area (TPSA) is 100 Å². The summed E-state index contributed by atoms with van der Waals surface area (Å²) in [5, 5.41) is 18.6. The summed E-state index contributed by atoms with van der Waals surface area (Å²) in [4.78, 5) is 26.7. The molecule has 0 atom stereocenters. The molecule has 2 rings (SSSR count). The minimum absolute atomic E-state index is 0.0112. The molecule has 0 saturated carbocycles. The lowest BCUT2D eigenvalue weighted by atomic mass is 10.1. The molecule has 0 saturated heterocycles. The van der Waals surface area contributed by atoms with Crippen LogP contribution < -0.4 is 5.63 Å². The first kappa shape index (κ1) is 14.5. The van der Waals surface area contributed by atoms with E-state index in [1.165, 1.54) is 30.3 Å². The van der Waals surface area contributed by atoms with Crippen LogP contribution in [0.4, 0.5) is 5.69 Å². The van der Waals surface area contributed by atoms with E-state index in [9.17, 15) is 14.7 Å². The normalized spacial score (nSPS) is 11.4. The second kappa shape index (κ2) is 5.62. The molecule has 1 aromatic heterocycles. The first-order chi connectivity index (χ1) is 9.88. The van der Waals surface area contributed by atoms with Crippen molar-refractivity contribution in [3.63, 3.8) is 0 Å². The minimum Gasteiger partial charge on any atom is -0.507 e. The third-order valence-corrected chi connectivity index (χ3v) is 2.83. The van der Waals surface area contributed by atoms with Gasteiger partial charge < -0.3 is 14.6 Å². The second-order valence-corrected chi connectivity index (χ2v) is 4.45. The Balaban J connectivity index is 2.42. The molecule has 0 amide bonds. The third-order valence-electron chi connectivity index (χ3n) is 2.83. The zero-order valence-corrected chi connectivity index (χ0v) is 11.5. The number of hydrogen-bond acceptors (Lipinski definition) is 5. The molecule has 1 aromatic carbocycles. The van der Waals surface area contributed by atoms with Gasteiger partial charge in [0.2, 0.25) is 0 Å². The number of carbonyl (C=O) groups is 1. The molecule has 0 fully saturated rings. The predicted octanol–water partition coefficient (Wildman–Crippen LogP) is 2.49. The number of aryl methyl sites for hydroxylation is 1. The Morgan fingerprint density at radius 3 is 2.38 bits per heavy atom. The minimum atomic E-state index is -1.03. The van der Waals surface area contributed by atoms with Gasteiger partial charge >= 0.3 is 11.6 Å². The summed E-state index contributed by atoms with van der Waals surface area (Å²) in [6.45, 7) is 3.12. The van der Waals surface area contributed by atoms with E-state index < -0.39 is 11.6 Å². The Bertz CT molecular complexity index is 772. The summed E-state index contributed by atoms with van der Waals surface area (Å²) in [5.41, 5.74) is 0.212. The van der Waals surface area contributed by atoms with Crippen LogP contribution >= 0.6 is 0 Å². The largest absolute Gasteiger partial charge is 0.507 e. The zero-order chi connectivity index (χ0) is 15.6. The van der Waals surface area contributed by atoms with Gasteiger partial charge in [0.05, 0.1) is 17.0 Å². The van der Waals surface area contributed by atoms with E-state index in [0.717, 1.165) is 0 Å². The van der Waals surface area contributed by atoms with Crippen molar-refractivity contribution in [2.75, 3.05) is 0 Å². The molecule has 2 N–H and O–H groups in total. The summed E-state index contributed by atoms with van der Waals surface area (Å²) in [7, 11) is 0. The first-order valence-electron chi connectivity index (χ1n) is 6.11. The van der Waals surface area contributed by atoms with Crippen molar-refractivity contribution in [3.8, 4) is 5.75 Å². The Labute approximate surface area is 120 Å². The van der Waals surface area contributed by atoms with Gasteiger partial charge in [-0.2, -0.15) is 0 Å². The number of rotatable bonds is 3. The van der Waals surface area contributed by atoms with Gasteiger partial charge in [-0.3, -0.25) is 4.99 Å². The van der Waals surface area contributed by atoms with Crippen molar-refractivity contribution in [1.82, 2.24) is 0 Å². The predicted molar refractivity (Wildman–Crippen MR) is 76.7 cm³/mol. The second-order valence-electron chi connectivity index (χ2n) is 4.45. The molecule has 0 unspecified atom stereocenters. The van der Waals surface area contributed by atoms with Crippen LogP contribution in [0, 0.1) is 6.92 Å². The molecular formula is C15H13NO5.